The van der Waals surface area contributed by atoms with Gasteiger partial charge in [-0.3, -0.25) is 0 Å². The molecule has 0 aliphatic carbocycles. The third-order valence-corrected chi connectivity index (χ3v) is 7.06. The smallest absolute Gasteiger partial charge is 0.159 e. The minimum Gasteiger partial charge on any atom is -0.494 e. The molecule has 0 bridgehead atoms. The highest BCUT2D eigenvalue weighted by Gasteiger charge is 2.04. The highest BCUT2D eigenvalue weighted by atomic mass is 16.5. The van der Waals surface area contributed by atoms with Crippen molar-refractivity contribution >= 4 is 0 Å². The van der Waals surface area contributed by atoms with E-state index < -0.39 is 0 Å². The molecule has 0 radical (unpaired) electrons. The first-order valence-electron chi connectivity index (χ1n) is 14.9. The summed E-state index contributed by atoms with van der Waals surface area (Å²) >= 11 is 0. The summed E-state index contributed by atoms with van der Waals surface area (Å²) < 4.78 is 11.7. The van der Waals surface area contributed by atoms with Crippen molar-refractivity contribution in [3.63, 3.8) is 0 Å². The summed E-state index contributed by atoms with van der Waals surface area (Å²) in [5.41, 5.74) is 0.995. The van der Waals surface area contributed by atoms with Gasteiger partial charge in [0.1, 0.15) is 5.75 Å². The number of benzene rings is 1. The van der Waals surface area contributed by atoms with Crippen molar-refractivity contribution in [1.29, 1.82) is 0 Å². The molecule has 0 amide bonds. The van der Waals surface area contributed by atoms with E-state index in [4.69, 9.17) is 9.47 Å². The van der Waals surface area contributed by atoms with Crippen LogP contribution >= 0.6 is 0 Å². The number of aromatic nitrogens is 2. The maximum Gasteiger partial charge on any atom is 0.159 e. The quantitative estimate of drug-likeness (QED) is 0.152. The first-order chi connectivity index (χ1) is 17.7. The highest BCUT2D eigenvalue weighted by Crippen LogP contribution is 2.21. The van der Waals surface area contributed by atoms with E-state index in [9.17, 15) is 0 Å². The molecule has 1 aromatic heterocycles. The molecule has 0 saturated carbocycles. The van der Waals surface area contributed by atoms with E-state index in [-0.39, 0.29) is 0 Å². The van der Waals surface area contributed by atoms with Crippen LogP contribution in [0.5, 0.6) is 11.5 Å². The SMILES string of the molecule is CCCCCCCCCCCCOc1ccc(-c2ncc(OCCCCCCC(C)CC)cn2)cc1. The van der Waals surface area contributed by atoms with E-state index in [1.807, 2.05) is 24.3 Å². The summed E-state index contributed by atoms with van der Waals surface area (Å²) in [5.74, 6) is 3.23. The Balaban J connectivity index is 1.54. The summed E-state index contributed by atoms with van der Waals surface area (Å²) in [6.45, 7) is 8.41. The number of ether oxygens (including phenoxy) is 2. The van der Waals surface area contributed by atoms with Gasteiger partial charge in [-0.25, -0.2) is 9.97 Å². The van der Waals surface area contributed by atoms with Gasteiger partial charge in [0.15, 0.2) is 11.6 Å². The summed E-state index contributed by atoms with van der Waals surface area (Å²) in [6, 6.07) is 8.09. The summed E-state index contributed by atoms with van der Waals surface area (Å²) in [7, 11) is 0. The molecular formula is C32H52N2O2. The van der Waals surface area contributed by atoms with Gasteiger partial charge in [0.25, 0.3) is 0 Å². The molecule has 0 spiro atoms. The van der Waals surface area contributed by atoms with Crippen molar-refractivity contribution in [3.05, 3.63) is 36.7 Å². The highest BCUT2D eigenvalue weighted by molar-refractivity contribution is 5.56. The first kappa shape index (κ1) is 30.1. The van der Waals surface area contributed by atoms with Crippen LogP contribution in [0.4, 0.5) is 0 Å². The molecule has 0 aliphatic heterocycles. The van der Waals surface area contributed by atoms with Gasteiger partial charge >= 0.3 is 0 Å². The Labute approximate surface area is 221 Å². The van der Waals surface area contributed by atoms with Gasteiger partial charge in [0, 0.05) is 5.56 Å². The zero-order valence-corrected chi connectivity index (χ0v) is 23.5. The third kappa shape index (κ3) is 13.8. The van der Waals surface area contributed by atoms with Crippen LogP contribution in [0.3, 0.4) is 0 Å². The van der Waals surface area contributed by atoms with Crippen LogP contribution in [-0.2, 0) is 0 Å². The Morgan fingerprint density at radius 1 is 0.611 bits per heavy atom. The first-order valence-corrected chi connectivity index (χ1v) is 14.9. The second-order valence-corrected chi connectivity index (χ2v) is 10.4. The van der Waals surface area contributed by atoms with Crippen LogP contribution < -0.4 is 9.47 Å². The van der Waals surface area contributed by atoms with Crippen LogP contribution in [-0.4, -0.2) is 23.2 Å². The van der Waals surface area contributed by atoms with Gasteiger partial charge in [-0.1, -0.05) is 111 Å². The number of nitrogens with zero attached hydrogens (tertiary/aromatic N) is 2. The van der Waals surface area contributed by atoms with Crippen molar-refractivity contribution in [1.82, 2.24) is 9.97 Å². The van der Waals surface area contributed by atoms with Gasteiger partial charge in [-0.2, -0.15) is 0 Å². The molecule has 36 heavy (non-hydrogen) atoms. The number of rotatable bonds is 22. The van der Waals surface area contributed by atoms with E-state index in [0.717, 1.165) is 49.0 Å². The van der Waals surface area contributed by atoms with Gasteiger partial charge in [0.05, 0.1) is 25.6 Å². The lowest BCUT2D eigenvalue weighted by Crippen LogP contribution is -2.00. The van der Waals surface area contributed by atoms with Crippen LogP contribution in [0.15, 0.2) is 36.7 Å². The van der Waals surface area contributed by atoms with Crippen LogP contribution in [0.1, 0.15) is 124 Å². The molecule has 0 fully saturated rings. The van der Waals surface area contributed by atoms with Gasteiger partial charge in [-0.05, 0) is 43.0 Å². The molecule has 4 heteroatoms. The lowest BCUT2D eigenvalue weighted by molar-refractivity contribution is 0.301. The van der Waals surface area contributed by atoms with Crippen molar-refractivity contribution < 1.29 is 9.47 Å². The Bertz CT molecular complexity index is 761. The van der Waals surface area contributed by atoms with E-state index in [0.29, 0.717) is 5.82 Å². The summed E-state index contributed by atoms with van der Waals surface area (Å²) in [5, 5.41) is 0. The van der Waals surface area contributed by atoms with Crippen molar-refractivity contribution in [3.8, 4) is 22.9 Å². The van der Waals surface area contributed by atoms with Crippen LogP contribution in [0.25, 0.3) is 11.4 Å². The van der Waals surface area contributed by atoms with Crippen molar-refractivity contribution in [2.24, 2.45) is 5.92 Å². The Morgan fingerprint density at radius 2 is 1.11 bits per heavy atom. The minimum absolute atomic E-state index is 0.716. The average molecular weight is 497 g/mol. The predicted octanol–water partition coefficient (Wildman–Crippen LogP) is 9.82. The fourth-order valence-corrected chi connectivity index (χ4v) is 4.36. The van der Waals surface area contributed by atoms with Crippen molar-refractivity contribution in [2.45, 2.75) is 124 Å². The molecular weight excluding hydrogens is 444 g/mol. The second-order valence-electron chi connectivity index (χ2n) is 10.4. The van der Waals surface area contributed by atoms with Crippen LogP contribution in [0, 0.1) is 5.92 Å². The average Bonchev–Trinajstić information content (AvgIpc) is 2.91. The second kappa shape index (κ2) is 20.0. The molecule has 1 aromatic carbocycles. The molecule has 1 atom stereocenters. The number of hydrogen-bond donors (Lipinski definition) is 0. The minimum atomic E-state index is 0.716. The Morgan fingerprint density at radius 3 is 1.67 bits per heavy atom. The maximum atomic E-state index is 5.92. The third-order valence-electron chi connectivity index (χ3n) is 7.06. The fourth-order valence-electron chi connectivity index (χ4n) is 4.36. The van der Waals surface area contributed by atoms with E-state index >= 15 is 0 Å². The van der Waals surface area contributed by atoms with E-state index in [2.05, 4.69) is 30.7 Å². The molecule has 1 unspecified atom stereocenters. The molecule has 2 aromatic rings. The molecule has 0 N–H and O–H groups in total. The monoisotopic (exact) mass is 496 g/mol. The normalized spacial score (nSPS) is 12.0. The van der Waals surface area contributed by atoms with Gasteiger partial charge in [-0.15, -0.1) is 0 Å². The molecule has 4 nitrogen and oxygen atoms in total. The zero-order valence-electron chi connectivity index (χ0n) is 23.5. The molecule has 202 valence electrons. The van der Waals surface area contributed by atoms with E-state index in [1.54, 1.807) is 12.4 Å². The predicted molar refractivity (Wildman–Crippen MR) is 153 cm³/mol. The van der Waals surface area contributed by atoms with Gasteiger partial charge < -0.3 is 9.47 Å². The molecule has 0 aliphatic rings. The molecule has 1 heterocycles. The standard InChI is InChI=1S/C32H52N2O2/c1-4-6-7-8-9-10-11-12-14-17-24-35-30-22-20-29(21-23-30)32-33-26-31(27-34-32)36-25-18-15-13-16-19-28(3)5-2/h20-23,26-28H,4-19,24-25H2,1-3H3. The topological polar surface area (TPSA) is 44.2 Å². The van der Waals surface area contributed by atoms with Gasteiger partial charge in [0.2, 0.25) is 0 Å². The van der Waals surface area contributed by atoms with Crippen molar-refractivity contribution in [2.75, 3.05) is 13.2 Å². The number of unbranched alkanes of at least 4 members (excludes halogenated alkanes) is 12. The largest absolute Gasteiger partial charge is 0.494 e. The lowest BCUT2D eigenvalue weighted by Gasteiger charge is -2.09. The van der Waals surface area contributed by atoms with E-state index in [1.165, 1.54) is 89.9 Å². The Kier molecular flexibility index (Phi) is 16.7. The zero-order chi connectivity index (χ0) is 25.7. The Hall–Kier alpha value is -2.10. The number of hydrogen-bond acceptors (Lipinski definition) is 4. The van der Waals surface area contributed by atoms with Crippen LogP contribution in [0.2, 0.25) is 0 Å². The fraction of sp³-hybridized carbons (Fsp3) is 0.688. The lowest BCUT2D eigenvalue weighted by atomic mass is 10.0. The maximum absolute atomic E-state index is 5.92. The molecule has 0 saturated heterocycles. The summed E-state index contributed by atoms with van der Waals surface area (Å²) in [4.78, 5) is 8.98. The molecule has 2 rings (SSSR count). The summed E-state index contributed by atoms with van der Waals surface area (Å²) in [6.07, 6.45) is 24.5.